The number of anilines is 2. The van der Waals surface area contributed by atoms with Gasteiger partial charge >= 0.3 is 0 Å². The topological polar surface area (TPSA) is 124 Å². The van der Waals surface area contributed by atoms with E-state index in [2.05, 4.69) is 15.3 Å². The Morgan fingerprint density at radius 1 is 1.15 bits per heavy atom. The van der Waals surface area contributed by atoms with Crippen LogP contribution in [0.1, 0.15) is 0 Å². The summed E-state index contributed by atoms with van der Waals surface area (Å²) in [6.07, 6.45) is 0. The average Bonchev–Trinajstić information content (AvgIpc) is 2.37. The number of sulfonamides is 1. The summed E-state index contributed by atoms with van der Waals surface area (Å²) >= 11 is 0. The first-order valence-corrected chi connectivity index (χ1v) is 7.60. The third-order valence-electron chi connectivity index (χ3n) is 2.47. The van der Waals surface area contributed by atoms with Crippen LogP contribution in [0, 0.1) is 0 Å². The van der Waals surface area contributed by atoms with Crippen molar-refractivity contribution >= 4 is 21.7 Å². The van der Waals surface area contributed by atoms with Crippen molar-refractivity contribution in [2.75, 3.05) is 23.3 Å². The van der Waals surface area contributed by atoms with Gasteiger partial charge in [0.1, 0.15) is 11.6 Å². The van der Waals surface area contributed by atoms with Crippen molar-refractivity contribution in [2.45, 2.75) is 0 Å². The maximum atomic E-state index is 10.9. The Morgan fingerprint density at radius 3 is 2.50 bits per heavy atom. The van der Waals surface area contributed by atoms with Crippen LogP contribution in [-0.2, 0) is 10.0 Å². The van der Waals surface area contributed by atoms with Crippen LogP contribution in [0.4, 0.5) is 11.6 Å². The minimum Gasteiger partial charge on any atom is -0.384 e. The maximum absolute atomic E-state index is 10.9. The van der Waals surface area contributed by atoms with Gasteiger partial charge in [0.2, 0.25) is 10.0 Å². The molecule has 0 aliphatic heterocycles. The number of aromatic nitrogens is 2. The van der Waals surface area contributed by atoms with Crippen LogP contribution in [0.25, 0.3) is 11.4 Å². The minimum absolute atomic E-state index is 0.156. The SMILES string of the molecule is Nc1cc(NCCS(N)(=O)=O)nc(-c2ccccc2)n1. The van der Waals surface area contributed by atoms with Crippen LogP contribution in [0.2, 0.25) is 0 Å². The molecule has 7 nitrogen and oxygen atoms in total. The van der Waals surface area contributed by atoms with Gasteiger partial charge in [-0.15, -0.1) is 0 Å². The summed E-state index contributed by atoms with van der Waals surface area (Å²) in [4.78, 5) is 8.43. The minimum atomic E-state index is -3.50. The van der Waals surface area contributed by atoms with E-state index in [9.17, 15) is 8.42 Å². The lowest BCUT2D eigenvalue weighted by Gasteiger charge is -2.08. The smallest absolute Gasteiger partial charge is 0.210 e. The van der Waals surface area contributed by atoms with Crippen LogP contribution in [0.3, 0.4) is 0 Å². The quantitative estimate of drug-likeness (QED) is 0.734. The normalized spacial score (nSPS) is 11.2. The van der Waals surface area contributed by atoms with Gasteiger partial charge in [-0.05, 0) is 0 Å². The lowest BCUT2D eigenvalue weighted by molar-refractivity contribution is 0.598. The van der Waals surface area contributed by atoms with Crippen molar-refractivity contribution in [2.24, 2.45) is 5.14 Å². The summed E-state index contributed by atoms with van der Waals surface area (Å²) in [5.74, 6) is 1.05. The van der Waals surface area contributed by atoms with E-state index in [1.807, 2.05) is 30.3 Å². The summed E-state index contributed by atoms with van der Waals surface area (Å²) in [6.45, 7) is 0.156. The van der Waals surface area contributed by atoms with E-state index >= 15 is 0 Å². The first-order chi connectivity index (χ1) is 9.44. The zero-order valence-corrected chi connectivity index (χ0v) is 11.5. The van der Waals surface area contributed by atoms with E-state index < -0.39 is 10.0 Å². The molecule has 2 rings (SSSR count). The Labute approximate surface area is 117 Å². The lowest BCUT2D eigenvalue weighted by atomic mass is 10.2. The van der Waals surface area contributed by atoms with Crippen molar-refractivity contribution in [1.29, 1.82) is 0 Å². The number of nitrogens with one attached hydrogen (secondary N) is 1. The zero-order valence-electron chi connectivity index (χ0n) is 10.7. The highest BCUT2D eigenvalue weighted by Crippen LogP contribution is 2.18. The molecule has 0 bridgehead atoms. The summed E-state index contributed by atoms with van der Waals surface area (Å²) in [6, 6.07) is 10.9. The first kappa shape index (κ1) is 14.2. The lowest BCUT2D eigenvalue weighted by Crippen LogP contribution is -2.22. The highest BCUT2D eigenvalue weighted by Gasteiger charge is 2.06. The highest BCUT2D eigenvalue weighted by molar-refractivity contribution is 7.89. The third-order valence-corrected chi connectivity index (χ3v) is 3.24. The van der Waals surface area contributed by atoms with Gasteiger partial charge in [-0.25, -0.2) is 23.5 Å². The van der Waals surface area contributed by atoms with Gasteiger partial charge in [-0.3, -0.25) is 0 Å². The molecule has 0 aliphatic rings. The molecule has 5 N–H and O–H groups in total. The Balaban J connectivity index is 2.17. The van der Waals surface area contributed by atoms with Gasteiger partial charge < -0.3 is 11.1 Å². The fourth-order valence-electron chi connectivity index (χ4n) is 1.59. The summed E-state index contributed by atoms with van der Waals surface area (Å²) in [5, 5.41) is 7.79. The molecule has 0 saturated carbocycles. The van der Waals surface area contributed by atoms with E-state index in [1.54, 1.807) is 0 Å². The van der Waals surface area contributed by atoms with Gasteiger partial charge in [0.05, 0.1) is 5.75 Å². The molecule has 20 heavy (non-hydrogen) atoms. The van der Waals surface area contributed by atoms with Gasteiger partial charge in [-0.2, -0.15) is 0 Å². The van der Waals surface area contributed by atoms with Crippen molar-refractivity contribution in [1.82, 2.24) is 9.97 Å². The second-order valence-electron chi connectivity index (χ2n) is 4.16. The molecule has 0 aliphatic carbocycles. The fourth-order valence-corrected chi connectivity index (χ4v) is 1.98. The van der Waals surface area contributed by atoms with Crippen molar-refractivity contribution in [3.8, 4) is 11.4 Å². The maximum Gasteiger partial charge on any atom is 0.210 e. The van der Waals surface area contributed by atoms with Crippen LogP contribution in [0.15, 0.2) is 36.4 Å². The Morgan fingerprint density at radius 2 is 1.85 bits per heavy atom. The third kappa shape index (κ3) is 4.18. The standard InChI is InChI=1S/C12H15N5O2S/c13-10-8-11(15-6-7-20(14,18)19)17-12(16-10)9-4-2-1-3-5-9/h1-5,8H,6-7H2,(H2,14,18,19)(H3,13,15,16,17). The molecule has 1 aromatic heterocycles. The van der Waals surface area contributed by atoms with Crippen LogP contribution in [-0.4, -0.2) is 30.7 Å². The molecule has 2 aromatic rings. The van der Waals surface area contributed by atoms with Crippen LogP contribution in [0.5, 0.6) is 0 Å². The highest BCUT2D eigenvalue weighted by atomic mass is 32.2. The van der Waals surface area contributed by atoms with Gasteiger partial charge in [0.25, 0.3) is 0 Å². The number of nitrogens with two attached hydrogens (primary N) is 2. The second kappa shape index (κ2) is 5.85. The van der Waals surface area contributed by atoms with Crippen LogP contribution >= 0.6 is 0 Å². The molecule has 0 atom stereocenters. The molecular formula is C12H15N5O2S. The van der Waals surface area contributed by atoms with Crippen LogP contribution < -0.4 is 16.2 Å². The fraction of sp³-hybridized carbons (Fsp3) is 0.167. The molecule has 0 unspecified atom stereocenters. The molecular weight excluding hydrogens is 278 g/mol. The second-order valence-corrected chi connectivity index (χ2v) is 5.90. The number of hydrogen-bond donors (Lipinski definition) is 3. The van der Waals surface area contributed by atoms with Crippen molar-refractivity contribution in [3.05, 3.63) is 36.4 Å². The molecule has 1 aromatic carbocycles. The van der Waals surface area contributed by atoms with E-state index in [4.69, 9.17) is 10.9 Å². The van der Waals surface area contributed by atoms with E-state index in [0.29, 0.717) is 17.5 Å². The van der Waals surface area contributed by atoms with Crippen molar-refractivity contribution < 1.29 is 8.42 Å². The molecule has 106 valence electrons. The summed E-state index contributed by atoms with van der Waals surface area (Å²) in [5.41, 5.74) is 6.55. The number of benzene rings is 1. The Hall–Kier alpha value is -2.19. The van der Waals surface area contributed by atoms with E-state index in [0.717, 1.165) is 5.56 Å². The summed E-state index contributed by atoms with van der Waals surface area (Å²) < 4.78 is 21.7. The Kier molecular flexibility index (Phi) is 4.16. The molecule has 0 amide bonds. The molecule has 0 saturated heterocycles. The number of nitrogens with zero attached hydrogens (tertiary/aromatic N) is 2. The number of rotatable bonds is 5. The molecule has 8 heteroatoms. The summed E-state index contributed by atoms with van der Waals surface area (Å²) in [7, 11) is -3.50. The van der Waals surface area contributed by atoms with Gasteiger partial charge in [0, 0.05) is 18.2 Å². The predicted molar refractivity (Wildman–Crippen MR) is 78.3 cm³/mol. The number of nitrogen functional groups attached to an aromatic ring is 1. The number of primary sulfonamides is 1. The zero-order chi connectivity index (χ0) is 14.6. The Bertz CT molecular complexity index is 688. The molecule has 0 spiro atoms. The number of hydrogen-bond acceptors (Lipinski definition) is 6. The first-order valence-electron chi connectivity index (χ1n) is 5.88. The molecule has 0 radical (unpaired) electrons. The average molecular weight is 293 g/mol. The van der Waals surface area contributed by atoms with E-state index in [-0.39, 0.29) is 12.3 Å². The van der Waals surface area contributed by atoms with E-state index in [1.165, 1.54) is 6.07 Å². The molecule has 1 heterocycles. The largest absolute Gasteiger partial charge is 0.384 e. The predicted octanol–water partition coefficient (Wildman–Crippen LogP) is 0.426. The molecule has 0 fully saturated rings. The van der Waals surface area contributed by atoms with Gasteiger partial charge in [-0.1, -0.05) is 30.3 Å². The monoisotopic (exact) mass is 293 g/mol. The van der Waals surface area contributed by atoms with Crippen molar-refractivity contribution in [3.63, 3.8) is 0 Å². The van der Waals surface area contributed by atoms with Gasteiger partial charge in [0.15, 0.2) is 5.82 Å².